The summed E-state index contributed by atoms with van der Waals surface area (Å²) in [5, 5.41) is 12.3. The molecular weight excluding hydrogens is 351 g/mol. The summed E-state index contributed by atoms with van der Waals surface area (Å²) in [5.41, 5.74) is 2.16. The Kier molecular flexibility index (Phi) is 6.03. The van der Waals surface area contributed by atoms with Gasteiger partial charge in [-0.1, -0.05) is 18.2 Å². The number of nitrogens with zero attached hydrogens (tertiary/aromatic N) is 1. The SMILES string of the molecule is O=C(O)C[C@@H]1COCCN1C(=O)c1cccc(NCc2ccc(F)cc2)c1. The lowest BCUT2D eigenvalue weighted by molar-refractivity contribution is -0.139. The molecule has 0 bridgehead atoms. The quantitative estimate of drug-likeness (QED) is 0.815. The zero-order valence-electron chi connectivity index (χ0n) is 14.7. The Bertz CT molecular complexity index is 810. The number of benzene rings is 2. The van der Waals surface area contributed by atoms with Crippen LogP contribution in [0.2, 0.25) is 0 Å². The fourth-order valence-electron chi connectivity index (χ4n) is 3.03. The summed E-state index contributed by atoms with van der Waals surface area (Å²) in [6.07, 6.45) is -0.145. The number of aliphatic carboxylic acids is 1. The van der Waals surface area contributed by atoms with Crippen LogP contribution < -0.4 is 5.32 Å². The van der Waals surface area contributed by atoms with Gasteiger partial charge in [-0.2, -0.15) is 0 Å². The van der Waals surface area contributed by atoms with Crippen molar-refractivity contribution in [1.29, 1.82) is 0 Å². The molecule has 0 aromatic heterocycles. The Labute approximate surface area is 156 Å². The number of morpholine rings is 1. The van der Waals surface area contributed by atoms with Gasteiger partial charge in [0.2, 0.25) is 0 Å². The zero-order chi connectivity index (χ0) is 19.2. The van der Waals surface area contributed by atoms with E-state index < -0.39 is 12.0 Å². The van der Waals surface area contributed by atoms with Gasteiger partial charge in [-0.05, 0) is 35.9 Å². The third kappa shape index (κ3) is 5.04. The first kappa shape index (κ1) is 18.8. The summed E-state index contributed by atoms with van der Waals surface area (Å²) >= 11 is 0. The summed E-state index contributed by atoms with van der Waals surface area (Å²) < 4.78 is 18.3. The predicted molar refractivity (Wildman–Crippen MR) is 98.1 cm³/mol. The van der Waals surface area contributed by atoms with Crippen LogP contribution in [0.1, 0.15) is 22.3 Å². The summed E-state index contributed by atoms with van der Waals surface area (Å²) in [7, 11) is 0. The van der Waals surface area contributed by atoms with Gasteiger partial charge in [0.05, 0.1) is 25.7 Å². The third-order valence-corrected chi connectivity index (χ3v) is 4.42. The van der Waals surface area contributed by atoms with Crippen LogP contribution in [0.15, 0.2) is 48.5 Å². The highest BCUT2D eigenvalue weighted by Gasteiger charge is 2.29. The van der Waals surface area contributed by atoms with Crippen LogP contribution in [0.25, 0.3) is 0 Å². The molecule has 2 aromatic carbocycles. The van der Waals surface area contributed by atoms with Crippen LogP contribution in [-0.4, -0.2) is 47.7 Å². The number of carbonyl (C=O) groups is 2. The van der Waals surface area contributed by atoms with Gasteiger partial charge in [0.15, 0.2) is 0 Å². The lowest BCUT2D eigenvalue weighted by Gasteiger charge is -2.35. The van der Waals surface area contributed by atoms with Crippen molar-refractivity contribution in [2.75, 3.05) is 25.1 Å². The molecule has 0 aliphatic carbocycles. The molecule has 7 heteroatoms. The van der Waals surface area contributed by atoms with Crippen molar-refractivity contribution in [3.63, 3.8) is 0 Å². The van der Waals surface area contributed by atoms with Crippen LogP contribution >= 0.6 is 0 Å². The van der Waals surface area contributed by atoms with Gasteiger partial charge in [0.1, 0.15) is 5.82 Å². The number of carbonyl (C=O) groups excluding carboxylic acids is 1. The number of amides is 1. The minimum atomic E-state index is -0.960. The smallest absolute Gasteiger partial charge is 0.305 e. The number of hydrogen-bond donors (Lipinski definition) is 2. The molecule has 1 saturated heterocycles. The maximum absolute atomic E-state index is 13.0. The normalized spacial score (nSPS) is 16.8. The molecule has 1 fully saturated rings. The summed E-state index contributed by atoms with van der Waals surface area (Å²) in [6, 6.07) is 12.8. The summed E-state index contributed by atoms with van der Waals surface area (Å²) in [5.74, 6) is -1.46. The molecule has 2 N–H and O–H groups in total. The largest absolute Gasteiger partial charge is 0.481 e. The number of carboxylic acid groups (broad SMARTS) is 1. The number of nitrogens with one attached hydrogen (secondary N) is 1. The molecule has 0 unspecified atom stereocenters. The fraction of sp³-hybridized carbons (Fsp3) is 0.300. The first-order valence-corrected chi connectivity index (χ1v) is 8.72. The molecule has 1 atom stereocenters. The number of carboxylic acids is 1. The molecule has 1 heterocycles. The molecule has 0 saturated carbocycles. The van der Waals surface area contributed by atoms with Gasteiger partial charge in [-0.25, -0.2) is 4.39 Å². The summed E-state index contributed by atoms with van der Waals surface area (Å²) in [4.78, 5) is 25.5. The van der Waals surface area contributed by atoms with E-state index in [4.69, 9.17) is 9.84 Å². The lowest BCUT2D eigenvalue weighted by atomic mass is 10.1. The highest BCUT2D eigenvalue weighted by Crippen LogP contribution is 2.18. The minimum Gasteiger partial charge on any atom is -0.481 e. The van der Waals surface area contributed by atoms with E-state index in [9.17, 15) is 14.0 Å². The van der Waals surface area contributed by atoms with Crippen LogP contribution in [0.4, 0.5) is 10.1 Å². The van der Waals surface area contributed by atoms with Crippen LogP contribution in [0.5, 0.6) is 0 Å². The van der Waals surface area contributed by atoms with E-state index in [0.29, 0.717) is 25.3 Å². The van der Waals surface area contributed by atoms with E-state index in [0.717, 1.165) is 11.3 Å². The van der Waals surface area contributed by atoms with Crippen LogP contribution in [0, 0.1) is 5.82 Å². The van der Waals surface area contributed by atoms with Crippen LogP contribution in [-0.2, 0) is 16.1 Å². The molecule has 0 spiro atoms. The van der Waals surface area contributed by atoms with E-state index in [2.05, 4.69) is 5.32 Å². The molecule has 1 aliphatic rings. The van der Waals surface area contributed by atoms with Crippen molar-refractivity contribution in [2.24, 2.45) is 0 Å². The number of anilines is 1. The fourth-order valence-corrected chi connectivity index (χ4v) is 3.03. The van der Waals surface area contributed by atoms with E-state index in [1.807, 2.05) is 6.07 Å². The average Bonchev–Trinajstić information content (AvgIpc) is 2.67. The third-order valence-electron chi connectivity index (χ3n) is 4.42. The van der Waals surface area contributed by atoms with Gasteiger partial charge in [-0.15, -0.1) is 0 Å². The Hall–Kier alpha value is -2.93. The Morgan fingerprint density at radius 1 is 1.22 bits per heavy atom. The second kappa shape index (κ2) is 8.64. The number of hydrogen-bond acceptors (Lipinski definition) is 4. The van der Waals surface area contributed by atoms with Gasteiger partial charge in [0.25, 0.3) is 5.91 Å². The molecule has 142 valence electrons. The van der Waals surface area contributed by atoms with Crippen molar-refractivity contribution in [3.8, 4) is 0 Å². The number of halogens is 1. The maximum Gasteiger partial charge on any atom is 0.305 e. The maximum atomic E-state index is 13.0. The highest BCUT2D eigenvalue weighted by atomic mass is 19.1. The van der Waals surface area contributed by atoms with Gasteiger partial charge in [-0.3, -0.25) is 9.59 Å². The molecular formula is C20H21FN2O4. The molecule has 1 aliphatic heterocycles. The Balaban J connectivity index is 1.68. The van der Waals surface area contributed by atoms with Crippen molar-refractivity contribution in [3.05, 3.63) is 65.5 Å². The zero-order valence-corrected chi connectivity index (χ0v) is 14.7. The van der Waals surface area contributed by atoms with Crippen molar-refractivity contribution in [1.82, 2.24) is 4.90 Å². The molecule has 2 aromatic rings. The topological polar surface area (TPSA) is 78.9 Å². The van der Waals surface area contributed by atoms with Crippen LogP contribution in [0.3, 0.4) is 0 Å². The number of ether oxygens (including phenoxy) is 1. The van der Waals surface area contributed by atoms with Crippen molar-refractivity contribution in [2.45, 2.75) is 19.0 Å². The first-order valence-electron chi connectivity index (χ1n) is 8.72. The molecule has 0 radical (unpaired) electrons. The van der Waals surface area contributed by atoms with E-state index in [-0.39, 0.29) is 24.8 Å². The second-order valence-corrected chi connectivity index (χ2v) is 6.39. The highest BCUT2D eigenvalue weighted by molar-refractivity contribution is 5.95. The van der Waals surface area contributed by atoms with Gasteiger partial charge < -0.3 is 20.1 Å². The van der Waals surface area contributed by atoms with E-state index in [1.165, 1.54) is 12.1 Å². The first-order chi connectivity index (χ1) is 13.0. The number of rotatable bonds is 6. The average molecular weight is 372 g/mol. The molecule has 6 nitrogen and oxygen atoms in total. The molecule has 1 amide bonds. The lowest BCUT2D eigenvalue weighted by Crippen LogP contribution is -2.49. The minimum absolute atomic E-state index is 0.145. The molecule has 27 heavy (non-hydrogen) atoms. The summed E-state index contributed by atoms with van der Waals surface area (Å²) in [6.45, 7) is 1.48. The van der Waals surface area contributed by atoms with Crippen molar-refractivity contribution >= 4 is 17.6 Å². The monoisotopic (exact) mass is 372 g/mol. The van der Waals surface area contributed by atoms with E-state index in [1.54, 1.807) is 35.2 Å². The Morgan fingerprint density at radius 2 is 2.00 bits per heavy atom. The molecule has 3 rings (SSSR count). The van der Waals surface area contributed by atoms with Crippen molar-refractivity contribution < 1.29 is 23.8 Å². The second-order valence-electron chi connectivity index (χ2n) is 6.39. The standard InChI is InChI=1S/C20H21FN2O4/c21-16-6-4-14(5-7-16)12-22-17-3-1-2-15(10-17)20(26)23-8-9-27-13-18(23)11-19(24)25/h1-7,10,18,22H,8-9,11-13H2,(H,24,25)/t18-/m1/s1. The van der Waals surface area contributed by atoms with Gasteiger partial charge in [0, 0.05) is 24.3 Å². The van der Waals surface area contributed by atoms with Gasteiger partial charge >= 0.3 is 5.97 Å². The Morgan fingerprint density at radius 3 is 2.74 bits per heavy atom. The van der Waals surface area contributed by atoms with E-state index >= 15 is 0 Å². The predicted octanol–water partition coefficient (Wildman–Crippen LogP) is 2.75.